The van der Waals surface area contributed by atoms with E-state index in [2.05, 4.69) is 19.2 Å². The number of nitrogens with one attached hydrogen (secondary N) is 1. The van der Waals surface area contributed by atoms with Gasteiger partial charge in [-0.3, -0.25) is 9.36 Å². The van der Waals surface area contributed by atoms with Gasteiger partial charge in [-0.05, 0) is 19.3 Å². The zero-order valence-corrected chi connectivity index (χ0v) is 31.0. The third-order valence-electron chi connectivity index (χ3n) is 8.25. The Balaban J connectivity index is 4.24. The predicted octanol–water partition coefficient (Wildman–Crippen LogP) is 8.61. The summed E-state index contributed by atoms with van der Waals surface area (Å²) >= 11 is 0. The Kier molecular flexibility index (Phi) is 28.9. The maximum absolute atomic E-state index is 12.5. The van der Waals surface area contributed by atoms with Crippen molar-refractivity contribution in [3.63, 3.8) is 0 Å². The number of carbonyl (C=O) groups is 1. The summed E-state index contributed by atoms with van der Waals surface area (Å²) in [7, 11) is 1.26. The number of likely N-dealkylation sites (N-methyl/N-ethyl adjacent to an activating group) is 1. The van der Waals surface area contributed by atoms with Crippen LogP contribution in [0.15, 0.2) is 12.2 Å². The van der Waals surface area contributed by atoms with Crippen molar-refractivity contribution in [3.8, 4) is 0 Å². The normalized spacial score (nSPS) is 14.9. The van der Waals surface area contributed by atoms with Gasteiger partial charge in [-0.15, -0.1) is 0 Å². The molecule has 0 aromatic carbocycles. The van der Waals surface area contributed by atoms with Crippen LogP contribution in [0.25, 0.3) is 0 Å². The zero-order valence-electron chi connectivity index (χ0n) is 30.1. The van der Waals surface area contributed by atoms with Gasteiger partial charge in [0, 0.05) is 6.42 Å². The van der Waals surface area contributed by atoms with Gasteiger partial charge < -0.3 is 28.8 Å². The smallest absolute Gasteiger partial charge is 0.268 e. The molecule has 0 aliphatic carbocycles. The highest BCUT2D eigenvalue weighted by Gasteiger charge is 2.23. The molecule has 0 rings (SSSR count). The molecule has 268 valence electrons. The van der Waals surface area contributed by atoms with E-state index in [1.165, 1.54) is 96.3 Å². The molecule has 0 saturated carbocycles. The number of phosphoric acid groups is 1. The molecular formula is C36H73N2O6P. The fourth-order valence-electron chi connectivity index (χ4n) is 5.21. The highest BCUT2D eigenvalue weighted by atomic mass is 31.2. The number of aliphatic hydroxyl groups is 1. The Morgan fingerprint density at radius 3 is 1.67 bits per heavy atom. The summed E-state index contributed by atoms with van der Waals surface area (Å²) in [6, 6.07) is -0.875. The number of rotatable bonds is 33. The first kappa shape index (κ1) is 44.2. The largest absolute Gasteiger partial charge is 0.756 e. The molecule has 3 atom stereocenters. The average Bonchev–Trinajstić information content (AvgIpc) is 2.97. The molecule has 3 unspecified atom stereocenters. The van der Waals surface area contributed by atoms with E-state index in [0.29, 0.717) is 17.4 Å². The molecule has 0 aliphatic heterocycles. The van der Waals surface area contributed by atoms with Gasteiger partial charge in [0.05, 0.1) is 39.9 Å². The number of carbonyl (C=O) groups excluding carboxylic acids is 1. The lowest BCUT2D eigenvalue weighted by Crippen LogP contribution is -2.45. The standard InChI is InChI=1S/C36H73N2O6P/c1-6-8-10-12-13-14-15-16-17-18-19-20-21-22-23-24-25-26-27-29-35(39)34(37-36(40)30-28-11-9-7-2)33-44-45(41,42)43-32-31-38(3,4)5/h27,29,34-35,39H,6-26,28,30-33H2,1-5H3,(H-,37,40,41,42)/b29-27+. The molecule has 45 heavy (non-hydrogen) atoms. The molecule has 9 heteroatoms. The highest BCUT2D eigenvalue weighted by Crippen LogP contribution is 2.38. The van der Waals surface area contributed by atoms with Crippen molar-refractivity contribution in [2.24, 2.45) is 0 Å². The minimum Gasteiger partial charge on any atom is -0.756 e. The van der Waals surface area contributed by atoms with Crippen LogP contribution < -0.4 is 10.2 Å². The number of allylic oxidation sites excluding steroid dienone is 1. The fourth-order valence-corrected chi connectivity index (χ4v) is 5.93. The van der Waals surface area contributed by atoms with Crippen LogP contribution >= 0.6 is 7.82 Å². The number of hydrogen-bond acceptors (Lipinski definition) is 6. The molecule has 0 aliphatic rings. The van der Waals surface area contributed by atoms with Crippen LogP contribution in [-0.2, 0) is 18.4 Å². The van der Waals surface area contributed by atoms with Gasteiger partial charge in [0.25, 0.3) is 7.82 Å². The Labute approximate surface area is 278 Å². The van der Waals surface area contributed by atoms with Crippen molar-refractivity contribution >= 4 is 13.7 Å². The van der Waals surface area contributed by atoms with Crippen molar-refractivity contribution in [3.05, 3.63) is 12.2 Å². The first-order chi connectivity index (χ1) is 21.5. The molecule has 1 amide bonds. The van der Waals surface area contributed by atoms with E-state index >= 15 is 0 Å². The lowest BCUT2D eigenvalue weighted by molar-refractivity contribution is -0.870. The molecule has 0 heterocycles. The lowest BCUT2D eigenvalue weighted by Gasteiger charge is -2.29. The third kappa shape index (κ3) is 31.6. The second-order valence-electron chi connectivity index (χ2n) is 13.9. The van der Waals surface area contributed by atoms with Gasteiger partial charge in [0.1, 0.15) is 13.2 Å². The number of phosphoric ester groups is 1. The molecule has 0 aromatic rings. The van der Waals surface area contributed by atoms with E-state index in [0.717, 1.165) is 44.9 Å². The molecule has 0 saturated heterocycles. The first-order valence-corrected chi connectivity index (χ1v) is 20.0. The van der Waals surface area contributed by atoms with Crippen molar-refractivity contribution in [2.75, 3.05) is 40.9 Å². The summed E-state index contributed by atoms with van der Waals surface area (Å²) in [5.41, 5.74) is 0. The fraction of sp³-hybridized carbons (Fsp3) is 0.917. The highest BCUT2D eigenvalue weighted by molar-refractivity contribution is 7.45. The van der Waals surface area contributed by atoms with Crippen LogP contribution in [0, 0.1) is 0 Å². The van der Waals surface area contributed by atoms with Gasteiger partial charge in [-0.2, -0.15) is 0 Å². The van der Waals surface area contributed by atoms with Crippen molar-refractivity contribution < 1.29 is 32.9 Å². The minimum atomic E-state index is -4.56. The van der Waals surface area contributed by atoms with Crippen molar-refractivity contribution in [2.45, 2.75) is 174 Å². The maximum atomic E-state index is 12.5. The number of unbranched alkanes of at least 4 members (excludes halogenated alkanes) is 20. The number of quaternary nitrogens is 1. The van der Waals surface area contributed by atoms with E-state index in [-0.39, 0.29) is 19.1 Å². The average molecular weight is 661 g/mol. The Bertz CT molecular complexity index is 758. The molecule has 0 bridgehead atoms. The number of aliphatic hydroxyl groups excluding tert-OH is 1. The Morgan fingerprint density at radius 2 is 1.20 bits per heavy atom. The first-order valence-electron chi connectivity index (χ1n) is 18.6. The van der Waals surface area contributed by atoms with Gasteiger partial charge >= 0.3 is 0 Å². The van der Waals surface area contributed by atoms with Crippen LogP contribution in [0.2, 0.25) is 0 Å². The predicted molar refractivity (Wildman–Crippen MR) is 187 cm³/mol. The summed E-state index contributed by atoms with van der Waals surface area (Å²) in [6.07, 6.45) is 30.2. The molecule has 0 fully saturated rings. The Hall–Kier alpha value is -0.760. The van der Waals surface area contributed by atoms with Gasteiger partial charge in [0.15, 0.2) is 0 Å². The third-order valence-corrected chi connectivity index (χ3v) is 9.21. The van der Waals surface area contributed by atoms with Crippen LogP contribution in [-0.4, -0.2) is 68.5 Å². The van der Waals surface area contributed by atoms with Crippen LogP contribution in [0.1, 0.15) is 162 Å². The van der Waals surface area contributed by atoms with E-state index < -0.39 is 20.0 Å². The van der Waals surface area contributed by atoms with Gasteiger partial charge in [0.2, 0.25) is 5.91 Å². The zero-order chi connectivity index (χ0) is 33.7. The van der Waals surface area contributed by atoms with Crippen LogP contribution in [0.4, 0.5) is 0 Å². The molecule has 2 N–H and O–H groups in total. The molecule has 8 nitrogen and oxygen atoms in total. The van der Waals surface area contributed by atoms with E-state index in [1.807, 2.05) is 27.2 Å². The molecule has 0 aromatic heterocycles. The second kappa shape index (κ2) is 29.4. The second-order valence-corrected chi connectivity index (χ2v) is 15.3. The monoisotopic (exact) mass is 661 g/mol. The van der Waals surface area contributed by atoms with E-state index in [4.69, 9.17) is 9.05 Å². The van der Waals surface area contributed by atoms with Crippen LogP contribution in [0.5, 0.6) is 0 Å². The molecule has 0 spiro atoms. The maximum Gasteiger partial charge on any atom is 0.268 e. The SMILES string of the molecule is CCCCCCCCCCCCCCCCCCC/C=C/C(O)C(COP(=O)([O-])OCC[N+](C)(C)C)NC(=O)CCCCCC. The van der Waals surface area contributed by atoms with Crippen molar-refractivity contribution in [1.82, 2.24) is 5.32 Å². The van der Waals surface area contributed by atoms with Gasteiger partial charge in [-0.1, -0.05) is 148 Å². The van der Waals surface area contributed by atoms with Crippen molar-refractivity contribution in [1.29, 1.82) is 0 Å². The molecular weight excluding hydrogens is 587 g/mol. The summed E-state index contributed by atoms with van der Waals surface area (Å²) in [5, 5.41) is 13.5. The summed E-state index contributed by atoms with van der Waals surface area (Å²) < 4.78 is 22.9. The van der Waals surface area contributed by atoms with E-state index in [1.54, 1.807) is 6.08 Å². The van der Waals surface area contributed by atoms with Crippen LogP contribution in [0.3, 0.4) is 0 Å². The summed E-state index contributed by atoms with van der Waals surface area (Å²) in [5.74, 6) is -0.216. The number of nitrogens with zero attached hydrogens (tertiary/aromatic N) is 1. The quantitative estimate of drug-likeness (QED) is 0.0316. The topological polar surface area (TPSA) is 108 Å². The summed E-state index contributed by atoms with van der Waals surface area (Å²) in [4.78, 5) is 24.8. The number of amides is 1. The Morgan fingerprint density at radius 1 is 0.756 bits per heavy atom. The summed E-state index contributed by atoms with van der Waals surface area (Å²) in [6.45, 7) is 4.51. The minimum absolute atomic E-state index is 0.000541. The van der Waals surface area contributed by atoms with Gasteiger partial charge in [-0.25, -0.2) is 0 Å². The molecule has 0 radical (unpaired) electrons. The number of hydrogen-bond donors (Lipinski definition) is 2. The lowest BCUT2D eigenvalue weighted by atomic mass is 10.0. The van der Waals surface area contributed by atoms with E-state index in [9.17, 15) is 19.4 Å².